The van der Waals surface area contributed by atoms with Crippen molar-refractivity contribution in [3.63, 3.8) is 0 Å². The van der Waals surface area contributed by atoms with Gasteiger partial charge in [0.1, 0.15) is 5.82 Å². The first kappa shape index (κ1) is 30.5. The van der Waals surface area contributed by atoms with E-state index in [1.54, 1.807) is 0 Å². The minimum Gasteiger partial charge on any atom is -0.309 e. The van der Waals surface area contributed by atoms with E-state index in [0.717, 1.165) is 33.8 Å². The van der Waals surface area contributed by atoms with E-state index in [2.05, 4.69) is 197 Å². The monoisotopic (exact) mass is 717 g/mol. The highest BCUT2D eigenvalue weighted by Crippen LogP contribution is 2.48. The minimum absolute atomic E-state index is 0.928. The maximum atomic E-state index is 5.17. The number of fused-ring (bicyclic) bond motifs is 12. The quantitative estimate of drug-likeness (QED) is 0.178. The third-order valence-corrected chi connectivity index (χ3v) is 12.5. The third-order valence-electron chi connectivity index (χ3n) is 11.3. The topological polar surface area (TPSA) is 22.8 Å². The molecule has 3 heterocycles. The van der Waals surface area contributed by atoms with Gasteiger partial charge < -0.3 is 4.57 Å². The Hall–Kier alpha value is -7.01. The Labute approximate surface area is 320 Å². The molecule has 0 radical (unpaired) electrons. The zero-order chi connectivity index (χ0) is 36.0. The summed E-state index contributed by atoms with van der Waals surface area (Å²) in [6, 6.07) is 68.3. The molecule has 256 valence electrons. The van der Waals surface area contributed by atoms with Crippen LogP contribution in [0.25, 0.3) is 108 Å². The molecule has 0 amide bonds. The van der Waals surface area contributed by atoms with Gasteiger partial charge in [0.2, 0.25) is 0 Å². The highest BCUT2D eigenvalue weighted by molar-refractivity contribution is 7.27. The Morgan fingerprint density at radius 2 is 1.05 bits per heavy atom. The van der Waals surface area contributed by atoms with Gasteiger partial charge in [-0.2, -0.15) is 0 Å². The highest BCUT2D eigenvalue weighted by Gasteiger charge is 2.23. The van der Waals surface area contributed by atoms with Crippen LogP contribution in [0.1, 0.15) is 0 Å². The van der Waals surface area contributed by atoms with Crippen molar-refractivity contribution in [3.05, 3.63) is 188 Å². The van der Waals surface area contributed by atoms with Crippen molar-refractivity contribution in [3.8, 4) is 33.9 Å². The van der Waals surface area contributed by atoms with Crippen LogP contribution in [0.5, 0.6) is 0 Å². The van der Waals surface area contributed by atoms with Gasteiger partial charge in [0.05, 0.1) is 22.1 Å². The fourth-order valence-corrected chi connectivity index (χ4v) is 10.1. The van der Waals surface area contributed by atoms with E-state index in [1.165, 1.54) is 74.6 Å². The number of hydrogen-bond acceptors (Lipinski definition) is 2. The van der Waals surface area contributed by atoms with Gasteiger partial charge in [0.25, 0.3) is 0 Å². The normalized spacial score (nSPS) is 12.0. The molecule has 4 heteroatoms. The number of benzene rings is 9. The molecule has 0 N–H and O–H groups in total. The van der Waals surface area contributed by atoms with Crippen LogP contribution < -0.4 is 0 Å². The molecule has 12 aromatic rings. The molecule has 0 unspecified atom stereocenters. The lowest BCUT2D eigenvalue weighted by Gasteiger charge is -2.13. The van der Waals surface area contributed by atoms with E-state index in [4.69, 9.17) is 4.98 Å². The van der Waals surface area contributed by atoms with Crippen LogP contribution in [0.3, 0.4) is 0 Å². The second-order valence-electron chi connectivity index (χ2n) is 14.3. The molecule has 0 aliphatic heterocycles. The summed E-state index contributed by atoms with van der Waals surface area (Å²) in [5.74, 6) is 0.928. The first-order valence-electron chi connectivity index (χ1n) is 18.7. The molecule has 3 aromatic heterocycles. The Morgan fingerprint density at radius 1 is 0.400 bits per heavy atom. The first-order chi connectivity index (χ1) is 27.3. The number of para-hydroxylation sites is 3. The summed E-state index contributed by atoms with van der Waals surface area (Å²) in [4.78, 5) is 5.17. The molecular formula is C51H31N3S. The summed E-state index contributed by atoms with van der Waals surface area (Å²) in [6.07, 6.45) is 0. The lowest BCUT2D eigenvalue weighted by Crippen LogP contribution is -1.98. The maximum absolute atomic E-state index is 5.17. The molecule has 0 saturated carbocycles. The van der Waals surface area contributed by atoms with Crippen molar-refractivity contribution in [1.82, 2.24) is 14.1 Å². The van der Waals surface area contributed by atoms with E-state index >= 15 is 0 Å². The molecule has 0 aliphatic carbocycles. The van der Waals surface area contributed by atoms with Crippen LogP contribution in [0.15, 0.2) is 188 Å². The standard InChI is InChI=1S/C51H31N3S/c1-2-14-37(15-3-1)54-44-20-10-9-19-43(44)52-51(54)33-24-27-38(28-25-33)53-45-31-36(35-23-22-32-12-4-5-13-34(32)30-35)26-29-41(45)48-49(53)40-17-7-6-16-39(40)47-42-18-8-11-21-46(42)55-50(47)48/h1-31H. The fourth-order valence-electron chi connectivity index (χ4n) is 8.80. The second-order valence-corrected chi connectivity index (χ2v) is 15.4. The second kappa shape index (κ2) is 11.7. The molecule has 0 aliphatic rings. The van der Waals surface area contributed by atoms with Crippen LogP contribution in [0.4, 0.5) is 0 Å². The molecule has 0 fully saturated rings. The fraction of sp³-hybridized carbons (Fsp3) is 0. The first-order valence-corrected chi connectivity index (χ1v) is 19.5. The average molecular weight is 718 g/mol. The molecule has 3 nitrogen and oxygen atoms in total. The zero-order valence-electron chi connectivity index (χ0n) is 29.6. The highest BCUT2D eigenvalue weighted by atomic mass is 32.1. The van der Waals surface area contributed by atoms with Crippen molar-refractivity contribution in [2.24, 2.45) is 0 Å². The van der Waals surface area contributed by atoms with Crippen LogP contribution >= 0.6 is 11.3 Å². The largest absolute Gasteiger partial charge is 0.309 e. The molecule has 0 spiro atoms. The van der Waals surface area contributed by atoms with Gasteiger partial charge >= 0.3 is 0 Å². The number of aromatic nitrogens is 3. The molecule has 0 bridgehead atoms. The summed E-state index contributed by atoms with van der Waals surface area (Å²) in [5.41, 5.74) is 10.2. The summed E-state index contributed by atoms with van der Waals surface area (Å²) in [6.45, 7) is 0. The summed E-state index contributed by atoms with van der Waals surface area (Å²) in [5, 5.41) is 10.3. The molecule has 9 aromatic carbocycles. The third kappa shape index (κ3) is 4.52. The number of thiophene rings is 1. The molecule has 0 saturated heterocycles. The van der Waals surface area contributed by atoms with Crippen LogP contribution in [0, 0.1) is 0 Å². The molecule has 55 heavy (non-hydrogen) atoms. The van der Waals surface area contributed by atoms with E-state index in [0.29, 0.717) is 0 Å². The van der Waals surface area contributed by atoms with Gasteiger partial charge in [0.15, 0.2) is 0 Å². The predicted molar refractivity (Wildman–Crippen MR) is 234 cm³/mol. The average Bonchev–Trinajstić information content (AvgIpc) is 3.94. The molecule has 12 rings (SSSR count). The van der Waals surface area contributed by atoms with Gasteiger partial charge in [0, 0.05) is 53.3 Å². The lowest BCUT2D eigenvalue weighted by atomic mass is 9.98. The number of nitrogens with zero attached hydrogens (tertiary/aromatic N) is 3. The van der Waals surface area contributed by atoms with Crippen LogP contribution in [-0.2, 0) is 0 Å². The number of rotatable bonds is 4. The smallest absolute Gasteiger partial charge is 0.145 e. The maximum Gasteiger partial charge on any atom is 0.145 e. The van der Waals surface area contributed by atoms with E-state index < -0.39 is 0 Å². The van der Waals surface area contributed by atoms with E-state index in [1.807, 2.05) is 11.3 Å². The number of imidazole rings is 1. The van der Waals surface area contributed by atoms with Crippen LogP contribution in [-0.4, -0.2) is 14.1 Å². The molecule has 0 atom stereocenters. The van der Waals surface area contributed by atoms with Crippen molar-refractivity contribution in [2.45, 2.75) is 0 Å². The van der Waals surface area contributed by atoms with Gasteiger partial charge in [-0.25, -0.2) is 4.98 Å². The lowest BCUT2D eigenvalue weighted by molar-refractivity contribution is 1.10. The summed E-state index contributed by atoms with van der Waals surface area (Å²) < 4.78 is 7.43. The number of hydrogen-bond donors (Lipinski definition) is 0. The Bertz CT molecular complexity index is 3480. The van der Waals surface area contributed by atoms with Crippen molar-refractivity contribution in [2.75, 3.05) is 0 Å². The van der Waals surface area contributed by atoms with E-state index in [9.17, 15) is 0 Å². The van der Waals surface area contributed by atoms with Crippen molar-refractivity contribution >= 4 is 85.9 Å². The van der Waals surface area contributed by atoms with Gasteiger partial charge in [-0.15, -0.1) is 11.3 Å². The van der Waals surface area contributed by atoms with Crippen molar-refractivity contribution < 1.29 is 0 Å². The van der Waals surface area contributed by atoms with Crippen LogP contribution in [0.2, 0.25) is 0 Å². The SMILES string of the molecule is c1ccc(-n2c(-c3ccc(-n4c5cc(-c6ccc7ccccc7c6)ccc5c5c6sc7ccccc7c6c6ccccc6c54)cc3)nc3ccccc32)cc1. The summed E-state index contributed by atoms with van der Waals surface area (Å²) in [7, 11) is 0. The Morgan fingerprint density at radius 3 is 1.93 bits per heavy atom. The van der Waals surface area contributed by atoms with Gasteiger partial charge in [-0.1, -0.05) is 121 Å². The van der Waals surface area contributed by atoms with Crippen molar-refractivity contribution in [1.29, 1.82) is 0 Å². The zero-order valence-corrected chi connectivity index (χ0v) is 30.5. The predicted octanol–water partition coefficient (Wildman–Crippen LogP) is 14.1. The minimum atomic E-state index is 0.928. The summed E-state index contributed by atoms with van der Waals surface area (Å²) >= 11 is 1.91. The van der Waals surface area contributed by atoms with E-state index in [-0.39, 0.29) is 0 Å². The Kier molecular flexibility index (Phi) is 6.50. The van der Waals surface area contributed by atoms with Gasteiger partial charge in [-0.3, -0.25) is 4.57 Å². The molecular weight excluding hydrogens is 687 g/mol. The van der Waals surface area contributed by atoms with Gasteiger partial charge in [-0.05, 0) is 94.0 Å². The Balaban J connectivity index is 1.15.